The predicted molar refractivity (Wildman–Crippen MR) is 158 cm³/mol. The van der Waals surface area contributed by atoms with Crippen LogP contribution in [0.15, 0.2) is 95.0 Å². The van der Waals surface area contributed by atoms with Crippen LogP contribution in [0.3, 0.4) is 0 Å². The molecule has 9 heteroatoms. The fourth-order valence-electron chi connectivity index (χ4n) is 5.56. The number of aromatic nitrogens is 2. The highest BCUT2D eigenvalue weighted by molar-refractivity contribution is 6.15. The van der Waals surface area contributed by atoms with Crippen LogP contribution in [-0.4, -0.2) is 9.97 Å². The van der Waals surface area contributed by atoms with E-state index in [1.807, 2.05) is 55.6 Å². The van der Waals surface area contributed by atoms with E-state index >= 15 is 0 Å². The molecule has 0 fully saturated rings. The standard InChI is InChI=1S/C34H17F3N6/c1-18-3-5-19(6-4-18)22-10-14-25-27(16-22)31(43-39-2)33-30(25)41-32-28(40-17-38)26-15-21(9-13-24(26)29(32)42-33)20-7-11-23(12-8-20)34(35,36)37/h3-16H,1H3/b40-28?,43-31+. The van der Waals surface area contributed by atoms with Crippen molar-refractivity contribution in [1.82, 2.24) is 9.97 Å². The smallest absolute Gasteiger partial charge is 0.241 e. The van der Waals surface area contributed by atoms with Crippen LogP contribution in [0.1, 0.15) is 11.1 Å². The number of alkyl halides is 3. The predicted octanol–water partition coefficient (Wildman–Crippen LogP) is 7.74. The number of nitriles is 1. The van der Waals surface area contributed by atoms with Gasteiger partial charge in [-0.3, -0.25) is 0 Å². The lowest BCUT2D eigenvalue weighted by molar-refractivity contribution is -0.137. The van der Waals surface area contributed by atoms with Crippen molar-refractivity contribution >= 4 is 43.6 Å². The second kappa shape index (κ2) is 9.57. The van der Waals surface area contributed by atoms with E-state index in [-0.39, 0.29) is 0 Å². The van der Waals surface area contributed by atoms with E-state index in [2.05, 4.69) is 15.0 Å². The number of hydrogen-bond donors (Lipinski definition) is 0. The average Bonchev–Trinajstić information content (AvgIpc) is 3.47. The molecule has 1 heterocycles. The Kier molecular flexibility index (Phi) is 5.79. The molecule has 0 atom stereocenters. The molecule has 7 rings (SSSR count). The first kappa shape index (κ1) is 26.0. The number of nitrogens with zero attached hydrogens (tertiary/aromatic N) is 6. The van der Waals surface area contributed by atoms with Crippen LogP contribution in [0, 0.1) is 25.0 Å². The second-order valence-corrected chi connectivity index (χ2v) is 10.2. The van der Waals surface area contributed by atoms with E-state index in [0.29, 0.717) is 54.7 Å². The Morgan fingerprint density at radius 1 is 0.674 bits per heavy atom. The van der Waals surface area contributed by atoms with Gasteiger partial charge in [-0.15, -0.1) is 4.95 Å². The van der Waals surface area contributed by atoms with Crippen molar-refractivity contribution < 1.29 is 13.2 Å². The lowest BCUT2D eigenvalue weighted by Crippen LogP contribution is -2.04. The van der Waals surface area contributed by atoms with Gasteiger partial charge in [-0.25, -0.2) is 9.97 Å². The lowest BCUT2D eigenvalue weighted by Gasteiger charge is -2.08. The van der Waals surface area contributed by atoms with Crippen molar-refractivity contribution in [3.05, 3.63) is 118 Å². The molecule has 0 aliphatic heterocycles. The normalized spacial score (nSPS) is 12.9. The zero-order valence-electron chi connectivity index (χ0n) is 22.4. The number of halogens is 3. The van der Waals surface area contributed by atoms with Gasteiger partial charge in [0.15, 0.2) is 5.36 Å². The average molecular weight is 567 g/mol. The van der Waals surface area contributed by atoms with E-state index in [9.17, 15) is 18.4 Å². The van der Waals surface area contributed by atoms with E-state index in [1.54, 1.807) is 18.2 Å². The molecule has 0 aliphatic rings. The summed E-state index contributed by atoms with van der Waals surface area (Å²) in [5.74, 6) is 0. The van der Waals surface area contributed by atoms with Gasteiger partial charge < -0.3 is 0 Å². The van der Waals surface area contributed by atoms with E-state index in [0.717, 1.165) is 39.6 Å². The SMILES string of the molecule is [C-]#[N+]/N=c1\c2cc(-c3ccc(C)cc3)ccc2c2nc3c(=NC#N)c4cc(-c5ccc(C(F)(F)F)cc5)ccc4c3nc12. The fourth-order valence-corrected chi connectivity index (χ4v) is 5.56. The van der Waals surface area contributed by atoms with Gasteiger partial charge in [0.05, 0.1) is 21.7 Å². The Morgan fingerprint density at radius 3 is 1.67 bits per heavy atom. The first-order chi connectivity index (χ1) is 20.8. The van der Waals surface area contributed by atoms with Crippen LogP contribution in [0.5, 0.6) is 0 Å². The molecule has 0 aliphatic carbocycles. The van der Waals surface area contributed by atoms with Crippen molar-refractivity contribution in [2.24, 2.45) is 10.1 Å². The molecule has 43 heavy (non-hydrogen) atoms. The second-order valence-electron chi connectivity index (χ2n) is 10.2. The molecule has 0 bridgehead atoms. The molecule has 0 N–H and O–H groups in total. The number of aryl methyl sites for hydroxylation is 1. The van der Waals surface area contributed by atoms with Crippen LogP contribution in [0.25, 0.3) is 70.8 Å². The molecular formula is C34H17F3N6. The Bertz CT molecular complexity index is 2450. The monoisotopic (exact) mass is 566 g/mol. The maximum absolute atomic E-state index is 13.1. The Balaban J connectivity index is 1.48. The third-order valence-electron chi connectivity index (χ3n) is 7.65. The molecule has 7 aromatic rings. The summed E-state index contributed by atoms with van der Waals surface area (Å²) in [4.78, 5) is 17.2. The molecule has 0 amide bonds. The summed E-state index contributed by atoms with van der Waals surface area (Å²) in [5, 5.41) is 17.2. The summed E-state index contributed by atoms with van der Waals surface area (Å²) in [6, 6.07) is 24.3. The molecule has 0 spiro atoms. The highest BCUT2D eigenvalue weighted by Crippen LogP contribution is 2.34. The highest BCUT2D eigenvalue weighted by atomic mass is 19.4. The summed E-state index contributed by atoms with van der Waals surface area (Å²) in [5.41, 5.74) is 5.54. The molecule has 6 nitrogen and oxygen atoms in total. The molecule has 0 saturated heterocycles. The summed E-state index contributed by atoms with van der Waals surface area (Å²) in [7, 11) is 0. The number of benzene rings is 4. The van der Waals surface area contributed by atoms with Crippen LogP contribution in [-0.2, 0) is 6.18 Å². The van der Waals surface area contributed by atoms with Gasteiger partial charge in [0.2, 0.25) is 6.19 Å². The van der Waals surface area contributed by atoms with Crippen molar-refractivity contribution in [2.75, 3.05) is 0 Å². The van der Waals surface area contributed by atoms with E-state index in [1.165, 1.54) is 12.1 Å². The first-order valence-electron chi connectivity index (χ1n) is 13.1. The molecule has 204 valence electrons. The van der Waals surface area contributed by atoms with Crippen molar-refractivity contribution in [2.45, 2.75) is 13.1 Å². The van der Waals surface area contributed by atoms with E-state index in [4.69, 9.17) is 16.5 Å². The molecule has 0 saturated carbocycles. The molecule has 6 aromatic carbocycles. The van der Waals surface area contributed by atoms with Crippen molar-refractivity contribution in [1.29, 1.82) is 5.26 Å². The van der Waals surface area contributed by atoms with Gasteiger partial charge in [-0.05, 0) is 53.4 Å². The largest absolute Gasteiger partial charge is 0.416 e. The zero-order valence-corrected chi connectivity index (χ0v) is 22.4. The highest BCUT2D eigenvalue weighted by Gasteiger charge is 2.30. The molecule has 0 unspecified atom stereocenters. The maximum atomic E-state index is 13.1. The van der Waals surface area contributed by atoms with Crippen molar-refractivity contribution in [3.63, 3.8) is 0 Å². The van der Waals surface area contributed by atoms with Crippen LogP contribution >= 0.6 is 0 Å². The van der Waals surface area contributed by atoms with Crippen LogP contribution in [0.2, 0.25) is 0 Å². The quantitative estimate of drug-likeness (QED) is 0.122. The first-order valence-corrected chi connectivity index (χ1v) is 13.1. The third kappa shape index (κ3) is 4.18. The van der Waals surface area contributed by atoms with Gasteiger partial charge in [-0.1, -0.05) is 66.2 Å². The Morgan fingerprint density at radius 2 is 1.16 bits per heavy atom. The minimum Gasteiger partial charge on any atom is -0.241 e. The van der Waals surface area contributed by atoms with Crippen LogP contribution < -0.4 is 10.7 Å². The Hall–Kier alpha value is -5.93. The Labute approximate surface area is 241 Å². The summed E-state index contributed by atoms with van der Waals surface area (Å²) in [6.45, 7) is 9.50. The fraction of sp³-hybridized carbons (Fsp3) is 0.0588. The zero-order chi connectivity index (χ0) is 29.9. The lowest BCUT2D eigenvalue weighted by atomic mass is 10.0. The molecule has 0 radical (unpaired) electrons. The molecular weight excluding hydrogens is 549 g/mol. The van der Waals surface area contributed by atoms with Gasteiger partial charge in [0.25, 0.3) is 0 Å². The number of fused-ring (bicyclic) bond motifs is 6. The van der Waals surface area contributed by atoms with E-state index < -0.39 is 11.7 Å². The van der Waals surface area contributed by atoms with Gasteiger partial charge in [-0.2, -0.15) is 30.0 Å². The summed E-state index contributed by atoms with van der Waals surface area (Å²) in [6.07, 6.45) is -2.58. The van der Waals surface area contributed by atoms with Crippen LogP contribution in [0.4, 0.5) is 13.2 Å². The van der Waals surface area contributed by atoms with Crippen molar-refractivity contribution in [3.8, 4) is 28.4 Å². The number of rotatable bonds is 2. The number of hydrogen-bond acceptors (Lipinski definition) is 5. The maximum Gasteiger partial charge on any atom is 0.416 e. The topological polar surface area (TPSA) is 78.6 Å². The summed E-state index contributed by atoms with van der Waals surface area (Å²) >= 11 is 0. The van der Waals surface area contributed by atoms with Gasteiger partial charge in [0.1, 0.15) is 16.4 Å². The van der Waals surface area contributed by atoms with Gasteiger partial charge in [0, 0.05) is 21.5 Å². The summed E-state index contributed by atoms with van der Waals surface area (Å²) < 4.78 is 39.2. The minimum absolute atomic E-state index is 0.324. The van der Waals surface area contributed by atoms with Gasteiger partial charge >= 0.3 is 6.18 Å². The third-order valence-corrected chi connectivity index (χ3v) is 7.65. The molecule has 1 aromatic heterocycles. The minimum atomic E-state index is -4.43.